The van der Waals surface area contributed by atoms with Crippen molar-refractivity contribution in [2.24, 2.45) is 5.92 Å². The van der Waals surface area contributed by atoms with Gasteiger partial charge in [-0.1, -0.05) is 20.4 Å². The quantitative estimate of drug-likeness (QED) is 0.581. The van der Waals surface area contributed by atoms with Crippen LogP contribution in [-0.2, 0) is 4.79 Å². The molecule has 0 saturated carbocycles. The Bertz CT molecular complexity index is 228. The summed E-state index contributed by atoms with van der Waals surface area (Å²) in [4.78, 5) is 11.2. The number of carbonyl (C=O) groups excluding carboxylic acids is 1. The summed E-state index contributed by atoms with van der Waals surface area (Å²) in [5.41, 5.74) is 0.761. The van der Waals surface area contributed by atoms with E-state index in [1.807, 2.05) is 13.8 Å². The third-order valence-electron chi connectivity index (χ3n) is 1.55. The lowest BCUT2D eigenvalue weighted by molar-refractivity contribution is -0.117. The van der Waals surface area contributed by atoms with E-state index in [0.29, 0.717) is 5.82 Å². The summed E-state index contributed by atoms with van der Waals surface area (Å²) >= 11 is 0. The lowest BCUT2D eigenvalue weighted by Gasteiger charge is -2.18. The maximum absolute atomic E-state index is 11.2. The summed E-state index contributed by atoms with van der Waals surface area (Å²) in [6.45, 7) is 7.52. The van der Waals surface area contributed by atoms with Crippen molar-refractivity contribution in [1.82, 2.24) is 10.6 Å². The lowest BCUT2D eigenvalue weighted by atomic mass is 10.0. The van der Waals surface area contributed by atoms with Gasteiger partial charge in [0.25, 0.3) is 5.91 Å². The van der Waals surface area contributed by atoms with Gasteiger partial charge >= 0.3 is 0 Å². The first-order valence-electron chi connectivity index (χ1n) is 3.58. The molecule has 1 aliphatic rings. The van der Waals surface area contributed by atoms with E-state index in [9.17, 15) is 4.79 Å². The zero-order valence-electron chi connectivity index (χ0n) is 6.77. The zero-order valence-corrected chi connectivity index (χ0v) is 6.77. The van der Waals surface area contributed by atoms with Gasteiger partial charge in [0.1, 0.15) is 5.82 Å². The highest BCUT2D eigenvalue weighted by Gasteiger charge is 2.16. The molecular formula is C8H12N2O. The standard InChI is InChI=1S/C8H12N2O/c1-5(2)7-4-9-6(3)10-8(7)11/h4-5,9H,3H2,1-2H3,(H,10,11). The van der Waals surface area contributed by atoms with Crippen LogP contribution in [0.2, 0.25) is 0 Å². The molecule has 0 atom stereocenters. The van der Waals surface area contributed by atoms with Crippen LogP contribution in [0.3, 0.4) is 0 Å². The summed E-state index contributed by atoms with van der Waals surface area (Å²) < 4.78 is 0. The third-order valence-corrected chi connectivity index (χ3v) is 1.55. The molecule has 60 valence electrons. The number of hydrogen-bond donors (Lipinski definition) is 2. The molecule has 1 heterocycles. The Balaban J connectivity index is 2.81. The molecular weight excluding hydrogens is 140 g/mol. The lowest BCUT2D eigenvalue weighted by Crippen LogP contribution is -2.36. The molecule has 1 amide bonds. The van der Waals surface area contributed by atoms with Crippen molar-refractivity contribution in [3.63, 3.8) is 0 Å². The predicted molar refractivity (Wildman–Crippen MR) is 43.3 cm³/mol. The number of rotatable bonds is 1. The van der Waals surface area contributed by atoms with Gasteiger partial charge in [0.05, 0.1) is 0 Å². The van der Waals surface area contributed by atoms with Gasteiger partial charge in [-0.05, 0) is 5.92 Å². The van der Waals surface area contributed by atoms with Gasteiger partial charge < -0.3 is 10.6 Å². The van der Waals surface area contributed by atoms with Gasteiger partial charge in [-0.3, -0.25) is 4.79 Å². The van der Waals surface area contributed by atoms with E-state index in [4.69, 9.17) is 0 Å². The number of carbonyl (C=O) groups is 1. The molecule has 0 fully saturated rings. The van der Waals surface area contributed by atoms with Crippen molar-refractivity contribution in [1.29, 1.82) is 0 Å². The highest BCUT2D eigenvalue weighted by Crippen LogP contribution is 2.11. The van der Waals surface area contributed by atoms with E-state index in [1.165, 1.54) is 0 Å². The molecule has 1 aliphatic heterocycles. The Morgan fingerprint density at radius 1 is 1.55 bits per heavy atom. The van der Waals surface area contributed by atoms with Crippen molar-refractivity contribution < 1.29 is 4.79 Å². The minimum absolute atomic E-state index is 0.0521. The van der Waals surface area contributed by atoms with Gasteiger partial charge in [0.2, 0.25) is 0 Å². The van der Waals surface area contributed by atoms with E-state index in [-0.39, 0.29) is 11.8 Å². The average molecular weight is 152 g/mol. The molecule has 0 spiro atoms. The van der Waals surface area contributed by atoms with E-state index in [2.05, 4.69) is 17.2 Å². The summed E-state index contributed by atoms with van der Waals surface area (Å²) in [6.07, 6.45) is 1.70. The van der Waals surface area contributed by atoms with Gasteiger partial charge in [0, 0.05) is 11.8 Å². The molecule has 0 radical (unpaired) electrons. The molecule has 1 rings (SSSR count). The van der Waals surface area contributed by atoms with Crippen LogP contribution < -0.4 is 10.6 Å². The minimum Gasteiger partial charge on any atom is -0.348 e. The fraction of sp³-hybridized carbons (Fsp3) is 0.375. The monoisotopic (exact) mass is 152 g/mol. The second-order valence-electron chi connectivity index (χ2n) is 2.83. The van der Waals surface area contributed by atoms with Gasteiger partial charge in [-0.2, -0.15) is 0 Å². The average Bonchev–Trinajstić information content (AvgIpc) is 1.85. The molecule has 0 aromatic rings. The fourth-order valence-electron chi connectivity index (χ4n) is 0.905. The molecule has 0 saturated heterocycles. The maximum Gasteiger partial charge on any atom is 0.254 e. The first-order valence-corrected chi connectivity index (χ1v) is 3.58. The minimum atomic E-state index is -0.0521. The number of nitrogens with one attached hydrogen (secondary N) is 2. The molecule has 3 nitrogen and oxygen atoms in total. The topological polar surface area (TPSA) is 41.1 Å². The Labute approximate surface area is 66.2 Å². The highest BCUT2D eigenvalue weighted by molar-refractivity contribution is 5.95. The second kappa shape index (κ2) is 2.78. The normalized spacial score (nSPS) is 17.5. The SMILES string of the molecule is C=C1NC=C(C(C)C)C(=O)N1. The van der Waals surface area contributed by atoms with Crippen LogP contribution in [0.25, 0.3) is 0 Å². The van der Waals surface area contributed by atoms with E-state index in [0.717, 1.165) is 5.57 Å². The van der Waals surface area contributed by atoms with Gasteiger partial charge in [-0.15, -0.1) is 0 Å². The molecule has 0 aromatic carbocycles. The van der Waals surface area contributed by atoms with E-state index >= 15 is 0 Å². The van der Waals surface area contributed by atoms with Crippen LogP contribution in [0.5, 0.6) is 0 Å². The van der Waals surface area contributed by atoms with Crippen LogP contribution in [0.1, 0.15) is 13.8 Å². The van der Waals surface area contributed by atoms with Crippen LogP contribution in [-0.4, -0.2) is 5.91 Å². The molecule has 11 heavy (non-hydrogen) atoms. The Kier molecular flexibility index (Phi) is 1.98. The van der Waals surface area contributed by atoms with Crippen molar-refractivity contribution in [3.05, 3.63) is 24.2 Å². The Morgan fingerprint density at radius 3 is 2.64 bits per heavy atom. The Morgan fingerprint density at radius 2 is 2.18 bits per heavy atom. The van der Waals surface area contributed by atoms with E-state index in [1.54, 1.807) is 6.20 Å². The van der Waals surface area contributed by atoms with Crippen LogP contribution in [0.15, 0.2) is 24.2 Å². The van der Waals surface area contributed by atoms with Crippen LogP contribution in [0, 0.1) is 5.92 Å². The summed E-state index contributed by atoms with van der Waals surface area (Å²) in [5.74, 6) is 0.735. The van der Waals surface area contributed by atoms with Crippen LogP contribution >= 0.6 is 0 Å². The smallest absolute Gasteiger partial charge is 0.254 e. The molecule has 0 bridgehead atoms. The van der Waals surface area contributed by atoms with Gasteiger partial charge in [-0.25, -0.2) is 0 Å². The molecule has 3 heteroatoms. The Hall–Kier alpha value is -1.25. The maximum atomic E-state index is 11.2. The first-order chi connectivity index (χ1) is 5.11. The van der Waals surface area contributed by atoms with E-state index < -0.39 is 0 Å². The number of hydrogen-bond acceptors (Lipinski definition) is 2. The van der Waals surface area contributed by atoms with Crippen molar-refractivity contribution >= 4 is 5.91 Å². The van der Waals surface area contributed by atoms with Crippen molar-refractivity contribution in [3.8, 4) is 0 Å². The van der Waals surface area contributed by atoms with Crippen molar-refractivity contribution in [2.45, 2.75) is 13.8 Å². The third kappa shape index (κ3) is 1.61. The summed E-state index contributed by atoms with van der Waals surface area (Å²) in [5, 5.41) is 5.45. The molecule has 0 unspecified atom stereocenters. The molecule has 0 aromatic heterocycles. The number of amides is 1. The fourth-order valence-corrected chi connectivity index (χ4v) is 0.905. The van der Waals surface area contributed by atoms with Crippen molar-refractivity contribution in [2.75, 3.05) is 0 Å². The summed E-state index contributed by atoms with van der Waals surface area (Å²) in [7, 11) is 0. The zero-order chi connectivity index (χ0) is 8.43. The largest absolute Gasteiger partial charge is 0.348 e. The van der Waals surface area contributed by atoms with Gasteiger partial charge in [0.15, 0.2) is 0 Å². The molecule has 2 N–H and O–H groups in total. The van der Waals surface area contributed by atoms with Crippen LogP contribution in [0.4, 0.5) is 0 Å². The first kappa shape index (κ1) is 7.85. The molecule has 0 aliphatic carbocycles. The predicted octanol–water partition coefficient (Wildman–Crippen LogP) is 0.717. The highest BCUT2D eigenvalue weighted by atomic mass is 16.2. The second-order valence-corrected chi connectivity index (χ2v) is 2.83. The summed E-state index contributed by atoms with van der Waals surface area (Å²) in [6, 6.07) is 0.